The minimum atomic E-state index is 0.602. The molecule has 0 atom stereocenters. The van der Waals surface area contributed by atoms with E-state index in [0.717, 1.165) is 0 Å². The van der Waals surface area contributed by atoms with Crippen LogP contribution in [0.1, 0.15) is 0 Å². The fourth-order valence-corrected chi connectivity index (χ4v) is 0.989. The van der Waals surface area contributed by atoms with E-state index in [2.05, 4.69) is 21.8 Å². The fourth-order valence-electron chi connectivity index (χ4n) is 0.767. The maximum Gasteiger partial charge on any atom is 0.241 e. The maximum atomic E-state index is 5.51. The van der Waals surface area contributed by atoms with Crippen molar-refractivity contribution in [3.63, 3.8) is 0 Å². The molecule has 1 aromatic carbocycles. The highest BCUT2D eigenvalue weighted by Crippen LogP contribution is 2.29. The molecule has 1 heterocycles. The zero-order valence-corrected chi connectivity index (χ0v) is 5.89. The van der Waals surface area contributed by atoms with E-state index in [1.54, 1.807) is 12.1 Å². The summed E-state index contributed by atoms with van der Waals surface area (Å²) in [7, 11) is 0. The first-order chi connectivity index (χ1) is 4.79. The quantitative estimate of drug-likeness (QED) is 0.347. The summed E-state index contributed by atoms with van der Waals surface area (Å²) < 4.78 is 9.24. The van der Waals surface area contributed by atoms with Crippen molar-refractivity contribution in [3.05, 3.63) is 12.1 Å². The molecule has 0 amide bonds. The Morgan fingerprint density at radius 2 is 2.10 bits per heavy atom. The molecule has 0 spiro atoms. The summed E-state index contributed by atoms with van der Waals surface area (Å²) in [6, 6.07) is 3.47. The Morgan fingerprint density at radius 1 is 1.30 bits per heavy atom. The van der Waals surface area contributed by atoms with Gasteiger partial charge in [0.05, 0.1) is 4.90 Å². The fraction of sp³-hybridized carbons (Fsp3) is 0. The van der Waals surface area contributed by atoms with E-state index in [4.69, 9.17) is 5.73 Å². The summed E-state index contributed by atoms with van der Waals surface area (Å²) in [6.45, 7) is 0. The van der Waals surface area contributed by atoms with Crippen LogP contribution in [0.2, 0.25) is 0 Å². The second kappa shape index (κ2) is 1.73. The topological polar surface area (TPSA) is 52.3 Å². The van der Waals surface area contributed by atoms with Crippen LogP contribution in [0.4, 0.5) is 5.69 Å². The number of nitrogen functional groups attached to an aromatic ring is 1. The van der Waals surface area contributed by atoms with Crippen LogP contribution in [-0.2, 0) is 0 Å². The lowest BCUT2D eigenvalue weighted by Gasteiger charge is -2.01. The molecule has 2 N–H and O–H groups in total. The molecule has 0 aliphatic heterocycles. The molecule has 0 radical (unpaired) electrons. The van der Waals surface area contributed by atoms with Gasteiger partial charge in [0.15, 0.2) is 0 Å². The van der Waals surface area contributed by atoms with E-state index in [1.165, 1.54) is 0 Å². The molecule has 0 saturated heterocycles. The Kier molecular flexibility index (Phi) is 0.990. The molecule has 10 heavy (non-hydrogen) atoms. The van der Waals surface area contributed by atoms with Crippen LogP contribution in [-0.4, -0.2) is 0 Å². The Bertz CT molecular complexity index is 363. The lowest BCUT2D eigenvalue weighted by molar-refractivity contribution is 0.0566. The van der Waals surface area contributed by atoms with Gasteiger partial charge in [0.25, 0.3) is 0 Å². The SMILES string of the molecule is Nc1ccc2ooc2c1S. The average molecular weight is 155 g/mol. The minimum absolute atomic E-state index is 0.602. The largest absolute Gasteiger partial charge is 0.398 e. The van der Waals surface area contributed by atoms with E-state index in [0.29, 0.717) is 21.7 Å². The van der Waals surface area contributed by atoms with Gasteiger partial charge in [0, 0.05) is 5.69 Å². The average Bonchev–Trinajstić information content (AvgIpc) is 1.82. The number of anilines is 1. The van der Waals surface area contributed by atoms with Gasteiger partial charge in [-0.05, 0) is 12.1 Å². The Hall–Kier alpha value is -1.03. The molecule has 1 aromatic heterocycles. The normalized spacial score (nSPS) is 10.9. The van der Waals surface area contributed by atoms with Crippen molar-refractivity contribution < 1.29 is 9.15 Å². The third-order valence-electron chi connectivity index (χ3n) is 1.34. The summed E-state index contributed by atoms with van der Waals surface area (Å²) in [4.78, 5) is 0.642. The lowest BCUT2D eigenvalue weighted by atomic mass is 10.3. The second-order valence-corrected chi connectivity index (χ2v) is 2.44. The summed E-state index contributed by atoms with van der Waals surface area (Å²) in [6.07, 6.45) is 0. The number of benzene rings is 1. The van der Waals surface area contributed by atoms with Crippen molar-refractivity contribution in [2.75, 3.05) is 5.73 Å². The summed E-state index contributed by atoms with van der Waals surface area (Å²) in [5, 5.41) is 0. The van der Waals surface area contributed by atoms with Crippen molar-refractivity contribution >= 4 is 29.5 Å². The van der Waals surface area contributed by atoms with Crippen LogP contribution in [0, 0.1) is 0 Å². The van der Waals surface area contributed by atoms with Crippen molar-refractivity contribution in [1.82, 2.24) is 0 Å². The van der Waals surface area contributed by atoms with Gasteiger partial charge in [-0.25, -0.2) is 0 Å². The Labute approximate surface area is 62.1 Å². The minimum Gasteiger partial charge on any atom is -0.398 e. The van der Waals surface area contributed by atoms with Gasteiger partial charge < -0.3 is 5.73 Å². The van der Waals surface area contributed by atoms with E-state index < -0.39 is 0 Å². The van der Waals surface area contributed by atoms with E-state index in [1.807, 2.05) is 0 Å². The standard InChI is InChI=1S/C6H5NO2S/c7-3-1-2-4-5(6(3)10)9-8-4/h1-2,10H,7H2. The van der Waals surface area contributed by atoms with Gasteiger partial charge in [-0.1, -0.05) is 0 Å². The van der Waals surface area contributed by atoms with E-state index in [-0.39, 0.29) is 0 Å². The van der Waals surface area contributed by atoms with Crippen LogP contribution in [0.5, 0.6) is 0 Å². The van der Waals surface area contributed by atoms with Crippen LogP contribution in [0.3, 0.4) is 0 Å². The van der Waals surface area contributed by atoms with Crippen molar-refractivity contribution in [2.24, 2.45) is 0 Å². The van der Waals surface area contributed by atoms with Crippen molar-refractivity contribution in [1.29, 1.82) is 0 Å². The molecule has 0 saturated carbocycles. The van der Waals surface area contributed by atoms with Crippen molar-refractivity contribution in [3.8, 4) is 0 Å². The first-order valence-corrected chi connectivity index (χ1v) is 3.20. The second-order valence-electron chi connectivity index (χ2n) is 2.00. The van der Waals surface area contributed by atoms with Gasteiger partial charge in [-0.3, -0.25) is 9.15 Å². The molecule has 4 heteroatoms. The first-order valence-electron chi connectivity index (χ1n) is 2.75. The molecule has 0 bridgehead atoms. The number of hydrogen-bond acceptors (Lipinski definition) is 4. The van der Waals surface area contributed by atoms with Gasteiger partial charge in [0.1, 0.15) is 0 Å². The monoisotopic (exact) mass is 155 g/mol. The van der Waals surface area contributed by atoms with Crippen LogP contribution in [0.25, 0.3) is 11.2 Å². The maximum absolute atomic E-state index is 5.51. The predicted molar refractivity (Wildman–Crippen MR) is 40.1 cm³/mol. The molecule has 0 unspecified atom stereocenters. The van der Waals surface area contributed by atoms with Gasteiger partial charge in [-0.2, -0.15) is 0 Å². The molecular formula is C6H5NO2S. The highest BCUT2D eigenvalue weighted by atomic mass is 32.1. The lowest BCUT2D eigenvalue weighted by Crippen LogP contribution is -1.88. The van der Waals surface area contributed by atoms with Gasteiger partial charge >= 0.3 is 0 Å². The third-order valence-corrected chi connectivity index (χ3v) is 1.80. The van der Waals surface area contributed by atoms with E-state index in [9.17, 15) is 0 Å². The number of thiol groups is 1. The molecule has 0 fully saturated rings. The van der Waals surface area contributed by atoms with E-state index >= 15 is 0 Å². The predicted octanol–water partition coefficient (Wildman–Crippen LogP) is 1.90. The highest BCUT2D eigenvalue weighted by Gasteiger charge is 2.09. The Morgan fingerprint density at radius 3 is 2.60 bits per heavy atom. The third kappa shape index (κ3) is 0.565. The smallest absolute Gasteiger partial charge is 0.241 e. The zero-order valence-electron chi connectivity index (χ0n) is 5.00. The summed E-state index contributed by atoms with van der Waals surface area (Å²) in [5.41, 5.74) is 7.44. The number of rotatable bonds is 0. The summed E-state index contributed by atoms with van der Waals surface area (Å²) >= 11 is 4.10. The van der Waals surface area contributed by atoms with Crippen LogP contribution < -0.4 is 5.73 Å². The molecule has 3 nitrogen and oxygen atoms in total. The summed E-state index contributed by atoms with van der Waals surface area (Å²) in [5.74, 6) is 0. The number of hydrogen-bond donors (Lipinski definition) is 2. The number of fused-ring (bicyclic) bond motifs is 1. The van der Waals surface area contributed by atoms with Crippen LogP contribution >= 0.6 is 12.6 Å². The molecule has 52 valence electrons. The molecule has 0 aliphatic rings. The van der Waals surface area contributed by atoms with Crippen LogP contribution in [0.15, 0.2) is 26.2 Å². The van der Waals surface area contributed by atoms with Gasteiger partial charge in [-0.15, -0.1) is 12.6 Å². The number of nitrogens with two attached hydrogens (primary N) is 1. The molecule has 2 rings (SSSR count). The molecule has 0 aliphatic carbocycles. The highest BCUT2D eigenvalue weighted by molar-refractivity contribution is 7.80. The molecule has 2 aromatic rings. The van der Waals surface area contributed by atoms with Gasteiger partial charge in [0.2, 0.25) is 11.2 Å². The van der Waals surface area contributed by atoms with Crippen molar-refractivity contribution in [2.45, 2.75) is 4.90 Å². The Balaban J connectivity index is 2.84. The first kappa shape index (κ1) is 5.73. The molecular weight excluding hydrogens is 150 g/mol. The zero-order chi connectivity index (χ0) is 7.14.